The van der Waals surface area contributed by atoms with Gasteiger partial charge in [-0.3, -0.25) is 14.7 Å². The van der Waals surface area contributed by atoms with Crippen LogP contribution in [-0.4, -0.2) is 31.6 Å². The highest BCUT2D eigenvalue weighted by Crippen LogP contribution is 2.24. The molecule has 2 amide bonds. The lowest BCUT2D eigenvalue weighted by molar-refractivity contribution is -0.117. The van der Waals surface area contributed by atoms with Crippen LogP contribution in [0.1, 0.15) is 5.56 Å². The fourth-order valence-electron chi connectivity index (χ4n) is 2.89. The second kappa shape index (κ2) is 7.75. The number of aromatic nitrogens is 4. The predicted octanol–water partition coefficient (Wildman–Crippen LogP) is 2.58. The largest absolute Gasteiger partial charge is 0.328 e. The van der Waals surface area contributed by atoms with E-state index in [9.17, 15) is 9.59 Å². The van der Waals surface area contributed by atoms with Gasteiger partial charge in [0.25, 0.3) is 0 Å². The number of amides is 2. The molecule has 140 valence electrons. The van der Waals surface area contributed by atoms with E-state index in [4.69, 9.17) is 0 Å². The Labute approximate surface area is 160 Å². The summed E-state index contributed by atoms with van der Waals surface area (Å²) in [6.07, 6.45) is 5.18. The quantitative estimate of drug-likeness (QED) is 0.482. The highest BCUT2D eigenvalue weighted by Gasteiger charge is 2.12. The average molecular weight is 374 g/mol. The molecule has 8 heteroatoms. The molecule has 8 nitrogen and oxygen atoms in total. The minimum absolute atomic E-state index is 0.158. The third-order valence-corrected chi connectivity index (χ3v) is 4.20. The van der Waals surface area contributed by atoms with Crippen LogP contribution in [0.5, 0.6) is 0 Å². The van der Waals surface area contributed by atoms with E-state index >= 15 is 0 Å². The topological polar surface area (TPSA) is 105 Å². The third kappa shape index (κ3) is 4.07. The Morgan fingerprint density at radius 3 is 2.68 bits per heavy atom. The summed E-state index contributed by atoms with van der Waals surface area (Å²) in [5.74, 6) is 0.103. The first-order chi connectivity index (χ1) is 13.7. The van der Waals surface area contributed by atoms with Crippen molar-refractivity contribution in [2.45, 2.75) is 13.0 Å². The van der Waals surface area contributed by atoms with Gasteiger partial charge < -0.3 is 15.2 Å². The van der Waals surface area contributed by atoms with Crippen molar-refractivity contribution in [1.29, 1.82) is 0 Å². The number of carbonyl (C=O) groups excluding carboxylic acids is 2. The molecule has 0 saturated heterocycles. The highest BCUT2D eigenvalue weighted by molar-refractivity contribution is 6.02. The first-order valence-corrected chi connectivity index (χ1v) is 8.75. The van der Waals surface area contributed by atoms with Crippen LogP contribution in [0.4, 0.5) is 11.5 Å². The Balaban J connectivity index is 1.46. The fraction of sp³-hybridized carbons (Fsp3) is 0.100. The van der Waals surface area contributed by atoms with Crippen LogP contribution in [-0.2, 0) is 22.6 Å². The smallest absolute Gasteiger partial charge is 0.244 e. The van der Waals surface area contributed by atoms with E-state index in [1.54, 1.807) is 35.4 Å². The number of nitrogens with one attached hydrogen (secondary N) is 3. The maximum atomic E-state index is 12.3. The van der Waals surface area contributed by atoms with Gasteiger partial charge in [-0.1, -0.05) is 30.3 Å². The van der Waals surface area contributed by atoms with Crippen molar-refractivity contribution in [3.63, 3.8) is 0 Å². The van der Waals surface area contributed by atoms with E-state index in [0.717, 1.165) is 16.5 Å². The number of nitrogens with zero attached hydrogens (tertiary/aromatic N) is 3. The number of benzene rings is 2. The molecular formula is C20H18N6O2. The van der Waals surface area contributed by atoms with Crippen LogP contribution in [0.25, 0.3) is 10.9 Å². The standard InChI is InChI=1S/C20H18N6O2/c27-18(10-14-4-2-1-3-5-14)23-20-16-11-15(6-7-17(16)24-25-20)22-19(28)12-26-9-8-21-13-26/h1-9,11,13H,10,12H2,(H,22,28)(H2,23,24,25,27). The number of rotatable bonds is 6. The zero-order valence-corrected chi connectivity index (χ0v) is 14.9. The Kier molecular flexibility index (Phi) is 4.83. The van der Waals surface area contributed by atoms with Crippen molar-refractivity contribution >= 4 is 34.2 Å². The number of anilines is 2. The average Bonchev–Trinajstić information content (AvgIpc) is 3.33. The molecule has 28 heavy (non-hydrogen) atoms. The first kappa shape index (κ1) is 17.5. The number of hydrogen-bond donors (Lipinski definition) is 3. The second-order valence-electron chi connectivity index (χ2n) is 6.33. The van der Waals surface area contributed by atoms with E-state index in [1.807, 2.05) is 36.4 Å². The van der Waals surface area contributed by atoms with Gasteiger partial charge in [-0.2, -0.15) is 5.10 Å². The second-order valence-corrected chi connectivity index (χ2v) is 6.33. The van der Waals surface area contributed by atoms with Crippen LogP contribution in [0.2, 0.25) is 0 Å². The van der Waals surface area contributed by atoms with Gasteiger partial charge in [-0.15, -0.1) is 0 Å². The molecule has 0 radical (unpaired) electrons. The van der Waals surface area contributed by atoms with E-state index in [0.29, 0.717) is 11.5 Å². The molecule has 0 aliphatic heterocycles. The number of hydrogen-bond acceptors (Lipinski definition) is 4. The molecule has 2 aromatic heterocycles. The summed E-state index contributed by atoms with van der Waals surface area (Å²) < 4.78 is 1.68. The maximum absolute atomic E-state index is 12.3. The molecule has 0 spiro atoms. The lowest BCUT2D eigenvalue weighted by atomic mass is 10.1. The monoisotopic (exact) mass is 374 g/mol. The van der Waals surface area contributed by atoms with Crippen molar-refractivity contribution in [1.82, 2.24) is 19.7 Å². The predicted molar refractivity (Wildman–Crippen MR) is 106 cm³/mol. The lowest BCUT2D eigenvalue weighted by Crippen LogP contribution is -2.17. The van der Waals surface area contributed by atoms with Crippen molar-refractivity contribution in [2.75, 3.05) is 10.6 Å². The van der Waals surface area contributed by atoms with Gasteiger partial charge in [-0.05, 0) is 23.8 Å². The van der Waals surface area contributed by atoms with E-state index in [2.05, 4.69) is 25.8 Å². The first-order valence-electron chi connectivity index (χ1n) is 8.75. The molecule has 0 unspecified atom stereocenters. The van der Waals surface area contributed by atoms with E-state index < -0.39 is 0 Å². The fourth-order valence-corrected chi connectivity index (χ4v) is 2.89. The van der Waals surface area contributed by atoms with Gasteiger partial charge in [0, 0.05) is 23.5 Å². The summed E-state index contributed by atoms with van der Waals surface area (Å²) in [7, 11) is 0. The van der Waals surface area contributed by atoms with Crippen molar-refractivity contribution in [3.05, 3.63) is 72.8 Å². The van der Waals surface area contributed by atoms with Crippen molar-refractivity contribution in [2.24, 2.45) is 0 Å². The van der Waals surface area contributed by atoms with Gasteiger partial charge in [0.05, 0.1) is 18.3 Å². The molecule has 4 rings (SSSR count). The summed E-state index contributed by atoms with van der Waals surface area (Å²) in [5, 5.41) is 13.4. The molecular weight excluding hydrogens is 356 g/mol. The summed E-state index contributed by atoms with van der Waals surface area (Å²) in [4.78, 5) is 28.4. The molecule has 0 bridgehead atoms. The summed E-state index contributed by atoms with van der Waals surface area (Å²) in [5.41, 5.74) is 2.31. The zero-order valence-electron chi connectivity index (χ0n) is 14.9. The number of aromatic amines is 1. The SMILES string of the molecule is O=C(Cn1ccnc1)Nc1ccc2[nH]nc(NC(=O)Cc3ccccc3)c2c1. The Hall–Kier alpha value is -3.94. The minimum Gasteiger partial charge on any atom is -0.328 e. The zero-order chi connectivity index (χ0) is 19.3. The minimum atomic E-state index is -0.171. The van der Waals surface area contributed by atoms with Crippen LogP contribution in [0, 0.1) is 0 Å². The summed E-state index contributed by atoms with van der Waals surface area (Å²) in [6.45, 7) is 0.171. The normalized spacial score (nSPS) is 10.7. The molecule has 2 aromatic carbocycles. The van der Waals surface area contributed by atoms with E-state index in [-0.39, 0.29) is 24.8 Å². The lowest BCUT2D eigenvalue weighted by Gasteiger charge is -2.07. The molecule has 0 atom stereocenters. The summed E-state index contributed by atoms with van der Waals surface area (Å²) in [6, 6.07) is 14.9. The molecule has 0 fully saturated rings. The van der Waals surface area contributed by atoms with Gasteiger partial charge >= 0.3 is 0 Å². The molecule has 3 N–H and O–H groups in total. The molecule has 0 saturated carbocycles. The highest BCUT2D eigenvalue weighted by atomic mass is 16.2. The number of fused-ring (bicyclic) bond motifs is 1. The van der Waals surface area contributed by atoms with Gasteiger partial charge in [-0.25, -0.2) is 4.98 Å². The van der Waals surface area contributed by atoms with Crippen molar-refractivity contribution < 1.29 is 9.59 Å². The Morgan fingerprint density at radius 1 is 1.04 bits per heavy atom. The maximum Gasteiger partial charge on any atom is 0.244 e. The Morgan fingerprint density at radius 2 is 1.89 bits per heavy atom. The number of H-pyrrole nitrogens is 1. The van der Waals surface area contributed by atoms with Gasteiger partial charge in [0.2, 0.25) is 11.8 Å². The Bertz CT molecular complexity index is 1100. The van der Waals surface area contributed by atoms with Crippen LogP contribution < -0.4 is 10.6 Å². The number of imidazole rings is 1. The van der Waals surface area contributed by atoms with Crippen molar-refractivity contribution in [3.8, 4) is 0 Å². The number of carbonyl (C=O) groups is 2. The van der Waals surface area contributed by atoms with Crippen LogP contribution >= 0.6 is 0 Å². The van der Waals surface area contributed by atoms with Crippen LogP contribution in [0.3, 0.4) is 0 Å². The summed E-state index contributed by atoms with van der Waals surface area (Å²) >= 11 is 0. The van der Waals surface area contributed by atoms with Crippen LogP contribution in [0.15, 0.2) is 67.3 Å². The molecule has 0 aliphatic carbocycles. The molecule has 4 aromatic rings. The molecule has 0 aliphatic rings. The van der Waals surface area contributed by atoms with Gasteiger partial charge in [0.1, 0.15) is 6.54 Å². The van der Waals surface area contributed by atoms with E-state index in [1.165, 1.54) is 0 Å². The third-order valence-electron chi connectivity index (χ3n) is 4.20. The van der Waals surface area contributed by atoms with Gasteiger partial charge in [0.15, 0.2) is 5.82 Å². The molecule has 2 heterocycles.